The van der Waals surface area contributed by atoms with Crippen LogP contribution in [0.15, 0.2) is 58.0 Å². The first kappa shape index (κ1) is 24.0. The van der Waals surface area contributed by atoms with E-state index in [-0.39, 0.29) is 6.61 Å². The maximum absolute atomic E-state index is 12.7. The summed E-state index contributed by atoms with van der Waals surface area (Å²) in [5.41, 5.74) is 2.45. The number of rotatable bonds is 8. The fraction of sp³-hybridized carbons (Fsp3) is 0.292. The van der Waals surface area contributed by atoms with Crippen LogP contribution in [0.2, 0.25) is 0 Å². The minimum atomic E-state index is -4.68. The van der Waals surface area contributed by atoms with Crippen LogP contribution < -0.4 is 10.5 Å². The SMILES string of the molecule is CC1(C)C=C(COP(=O)(O)O)c2cc3cc(-c4ccncc4)c(=O)oc3cc2N1CCCC=O. The Balaban J connectivity index is 1.88. The summed E-state index contributed by atoms with van der Waals surface area (Å²) in [6.45, 7) is 4.19. The number of hydrogen-bond acceptors (Lipinski definition) is 7. The number of aromatic nitrogens is 1. The van der Waals surface area contributed by atoms with Crippen LogP contribution in [0.25, 0.3) is 27.7 Å². The summed E-state index contributed by atoms with van der Waals surface area (Å²) in [5, 5.41) is 0.653. The predicted octanol–water partition coefficient (Wildman–Crippen LogP) is 3.93. The fourth-order valence-corrected chi connectivity index (χ4v) is 4.58. The van der Waals surface area contributed by atoms with Gasteiger partial charge in [0.2, 0.25) is 0 Å². The average molecular weight is 484 g/mol. The third-order valence-electron chi connectivity index (χ3n) is 5.79. The number of pyridine rings is 1. The largest absolute Gasteiger partial charge is 0.469 e. The number of nitrogens with zero attached hydrogens (tertiary/aromatic N) is 2. The molecule has 2 N–H and O–H groups in total. The normalized spacial score (nSPS) is 15.2. The minimum absolute atomic E-state index is 0.289. The highest BCUT2D eigenvalue weighted by Gasteiger charge is 2.33. The van der Waals surface area contributed by atoms with E-state index >= 15 is 0 Å². The molecule has 0 radical (unpaired) electrons. The number of hydrogen-bond donors (Lipinski definition) is 2. The van der Waals surface area contributed by atoms with Gasteiger partial charge >= 0.3 is 13.4 Å². The Morgan fingerprint density at radius 2 is 1.88 bits per heavy atom. The molecule has 3 heterocycles. The predicted molar refractivity (Wildman–Crippen MR) is 128 cm³/mol. The Hall–Kier alpha value is -3.10. The number of phosphoric acid groups is 1. The summed E-state index contributed by atoms with van der Waals surface area (Å²) in [7, 11) is -4.68. The first-order valence-corrected chi connectivity index (χ1v) is 12.3. The minimum Gasteiger partial charge on any atom is -0.422 e. The number of fused-ring (bicyclic) bond motifs is 2. The smallest absolute Gasteiger partial charge is 0.422 e. The maximum atomic E-state index is 12.7. The molecule has 0 spiro atoms. The third kappa shape index (κ3) is 5.03. The summed E-state index contributed by atoms with van der Waals surface area (Å²) in [4.78, 5) is 48.2. The van der Waals surface area contributed by atoms with E-state index in [0.29, 0.717) is 52.6 Å². The van der Waals surface area contributed by atoms with Crippen molar-refractivity contribution in [1.82, 2.24) is 4.98 Å². The number of unbranched alkanes of at least 4 members (excludes halogenated alkanes) is 1. The highest BCUT2D eigenvalue weighted by Crippen LogP contribution is 2.44. The Bertz CT molecular complexity index is 1360. The molecule has 34 heavy (non-hydrogen) atoms. The van der Waals surface area contributed by atoms with Crippen LogP contribution in [0.4, 0.5) is 5.69 Å². The van der Waals surface area contributed by atoms with Gasteiger partial charge in [-0.15, -0.1) is 0 Å². The van der Waals surface area contributed by atoms with Gasteiger partial charge in [0.25, 0.3) is 0 Å². The molecule has 0 saturated heterocycles. The van der Waals surface area contributed by atoms with Crippen LogP contribution in [0, 0.1) is 0 Å². The summed E-state index contributed by atoms with van der Waals surface area (Å²) < 4.78 is 21.9. The van der Waals surface area contributed by atoms with E-state index in [2.05, 4.69) is 9.88 Å². The van der Waals surface area contributed by atoms with E-state index in [1.807, 2.05) is 26.0 Å². The van der Waals surface area contributed by atoms with Gasteiger partial charge < -0.3 is 23.9 Å². The van der Waals surface area contributed by atoms with Gasteiger partial charge in [-0.3, -0.25) is 9.51 Å². The number of carbonyl (C=O) groups is 1. The van der Waals surface area contributed by atoms with Crippen molar-refractivity contribution in [2.24, 2.45) is 0 Å². The van der Waals surface area contributed by atoms with Gasteiger partial charge in [-0.05, 0) is 55.7 Å². The molecule has 10 heteroatoms. The maximum Gasteiger partial charge on any atom is 0.469 e. The van der Waals surface area contributed by atoms with Crippen molar-refractivity contribution in [2.45, 2.75) is 32.2 Å². The molecule has 2 aromatic heterocycles. The van der Waals surface area contributed by atoms with E-state index in [1.54, 1.807) is 36.7 Å². The Morgan fingerprint density at radius 1 is 1.18 bits per heavy atom. The van der Waals surface area contributed by atoms with E-state index in [0.717, 1.165) is 12.0 Å². The van der Waals surface area contributed by atoms with Gasteiger partial charge in [-0.1, -0.05) is 6.08 Å². The molecule has 0 saturated carbocycles. The Morgan fingerprint density at radius 3 is 2.56 bits per heavy atom. The molecule has 0 aliphatic carbocycles. The zero-order chi connectivity index (χ0) is 24.5. The molecule has 0 fully saturated rings. The van der Waals surface area contributed by atoms with Gasteiger partial charge in [-0.2, -0.15) is 0 Å². The van der Waals surface area contributed by atoms with Crippen molar-refractivity contribution >= 4 is 36.3 Å². The van der Waals surface area contributed by atoms with Crippen LogP contribution in [-0.4, -0.2) is 39.7 Å². The number of aldehydes is 1. The molecule has 4 rings (SSSR count). The lowest BCUT2D eigenvalue weighted by atomic mass is 9.87. The molecule has 0 bridgehead atoms. The van der Waals surface area contributed by atoms with Crippen molar-refractivity contribution in [1.29, 1.82) is 0 Å². The summed E-state index contributed by atoms with van der Waals surface area (Å²) >= 11 is 0. The molecule has 9 nitrogen and oxygen atoms in total. The zero-order valence-electron chi connectivity index (χ0n) is 18.8. The lowest BCUT2D eigenvalue weighted by Crippen LogP contribution is -2.46. The highest BCUT2D eigenvalue weighted by molar-refractivity contribution is 7.46. The van der Waals surface area contributed by atoms with Crippen LogP contribution >= 0.6 is 7.82 Å². The lowest BCUT2D eigenvalue weighted by molar-refractivity contribution is -0.107. The molecule has 1 aliphatic heterocycles. The molecular formula is C24H25N2O7P. The summed E-state index contributed by atoms with van der Waals surface area (Å²) in [5.74, 6) is 0. The van der Waals surface area contributed by atoms with Crippen molar-refractivity contribution in [3.05, 3.63) is 64.8 Å². The van der Waals surface area contributed by atoms with E-state index in [4.69, 9.17) is 8.94 Å². The van der Waals surface area contributed by atoms with Crippen LogP contribution in [0.5, 0.6) is 0 Å². The first-order valence-electron chi connectivity index (χ1n) is 10.7. The number of benzene rings is 1. The van der Waals surface area contributed by atoms with Crippen LogP contribution in [-0.2, 0) is 13.9 Å². The quantitative estimate of drug-likeness (QED) is 0.211. The summed E-state index contributed by atoms with van der Waals surface area (Å²) in [6, 6.07) is 8.75. The molecular weight excluding hydrogens is 459 g/mol. The van der Waals surface area contributed by atoms with Gasteiger partial charge in [0, 0.05) is 48.1 Å². The lowest BCUT2D eigenvalue weighted by Gasteiger charge is -2.43. The summed E-state index contributed by atoms with van der Waals surface area (Å²) in [6.07, 6.45) is 6.97. The van der Waals surface area contributed by atoms with Crippen molar-refractivity contribution in [3.63, 3.8) is 0 Å². The number of anilines is 1. The Labute approximate surface area is 195 Å². The second-order valence-electron chi connectivity index (χ2n) is 8.64. The fourth-order valence-electron chi connectivity index (χ4n) is 4.28. The number of phosphoric ester groups is 1. The second-order valence-corrected chi connectivity index (χ2v) is 9.88. The van der Waals surface area contributed by atoms with Gasteiger partial charge in [0.1, 0.15) is 11.9 Å². The standard InChI is InChI=1S/C24H25N2O7P/c1-24(2)14-18(15-32-34(29,30)31)19-11-17-12-20(16-5-7-25-8-6-16)23(28)33-22(17)13-21(19)26(24)9-3-4-10-27/h5-8,10-14H,3-4,9,15H2,1-2H3,(H2,29,30,31). The molecule has 0 amide bonds. The van der Waals surface area contributed by atoms with Crippen LogP contribution in [0.3, 0.4) is 0 Å². The highest BCUT2D eigenvalue weighted by atomic mass is 31.2. The van der Waals surface area contributed by atoms with Gasteiger partial charge in [0.15, 0.2) is 0 Å². The Kier molecular flexibility index (Phi) is 6.55. The zero-order valence-corrected chi connectivity index (χ0v) is 19.7. The molecule has 3 aromatic rings. The van der Waals surface area contributed by atoms with E-state index in [9.17, 15) is 23.9 Å². The van der Waals surface area contributed by atoms with Crippen molar-refractivity contribution in [2.75, 3.05) is 18.1 Å². The molecule has 0 atom stereocenters. The third-order valence-corrected chi connectivity index (χ3v) is 6.26. The van der Waals surface area contributed by atoms with E-state index < -0.39 is 19.0 Å². The first-order chi connectivity index (χ1) is 16.1. The molecule has 178 valence electrons. The van der Waals surface area contributed by atoms with Gasteiger partial charge in [-0.25, -0.2) is 9.36 Å². The van der Waals surface area contributed by atoms with Gasteiger partial charge in [0.05, 0.1) is 17.7 Å². The van der Waals surface area contributed by atoms with Crippen LogP contribution in [0.1, 0.15) is 32.3 Å². The topological polar surface area (TPSA) is 130 Å². The van der Waals surface area contributed by atoms with Crippen molar-refractivity contribution < 1.29 is 28.1 Å². The monoisotopic (exact) mass is 484 g/mol. The second kappa shape index (κ2) is 9.27. The number of carbonyl (C=O) groups excluding carboxylic acids is 1. The molecule has 1 aromatic carbocycles. The molecule has 0 unspecified atom stereocenters. The average Bonchev–Trinajstić information content (AvgIpc) is 2.78. The van der Waals surface area contributed by atoms with E-state index in [1.165, 1.54) is 0 Å². The van der Waals surface area contributed by atoms with Crippen molar-refractivity contribution in [3.8, 4) is 11.1 Å². The molecule has 1 aliphatic rings.